The van der Waals surface area contributed by atoms with E-state index in [1.54, 1.807) is 24.3 Å². The topological polar surface area (TPSA) is 102 Å². The van der Waals surface area contributed by atoms with Gasteiger partial charge in [0, 0.05) is 5.75 Å². The normalized spacial score (nSPS) is 15.0. The number of rotatable bonds is 10. The second-order valence-electron chi connectivity index (χ2n) is 9.84. The molecule has 44 heavy (non-hydrogen) atoms. The van der Waals surface area contributed by atoms with Crippen LogP contribution in [0.2, 0.25) is 0 Å². The summed E-state index contributed by atoms with van der Waals surface area (Å²) in [5.41, 5.74) is 2.44. The van der Waals surface area contributed by atoms with Gasteiger partial charge in [-0.1, -0.05) is 108 Å². The van der Waals surface area contributed by atoms with Crippen molar-refractivity contribution >= 4 is 56.8 Å². The van der Waals surface area contributed by atoms with Crippen LogP contribution in [0.1, 0.15) is 22.7 Å². The van der Waals surface area contributed by atoms with Crippen LogP contribution in [0.25, 0.3) is 16.8 Å². The number of ether oxygens (including phenoxy) is 2. The minimum atomic E-state index is -0.973. The molecule has 1 unspecified atom stereocenters. The number of nitrogens with zero attached hydrogens (tertiary/aromatic N) is 3. The van der Waals surface area contributed by atoms with E-state index >= 15 is 0 Å². The number of carbonyl (C=O) groups excluding carboxylic acids is 2. The highest BCUT2D eigenvalue weighted by Crippen LogP contribution is 2.45. The molecule has 10 heteroatoms. The van der Waals surface area contributed by atoms with E-state index in [-0.39, 0.29) is 10.7 Å². The molecule has 0 fully saturated rings. The van der Waals surface area contributed by atoms with Crippen molar-refractivity contribution in [2.24, 2.45) is 0 Å². The van der Waals surface area contributed by atoms with Crippen LogP contribution in [-0.4, -0.2) is 41.2 Å². The van der Waals surface area contributed by atoms with Crippen LogP contribution < -0.4 is 14.4 Å². The Morgan fingerprint density at radius 3 is 2.50 bits per heavy atom. The molecular formula is C34H27N3O5S2. The summed E-state index contributed by atoms with van der Waals surface area (Å²) in [5.74, 6) is -0.312. The van der Waals surface area contributed by atoms with Crippen molar-refractivity contribution in [3.8, 4) is 11.5 Å². The molecule has 0 spiro atoms. The molecule has 1 aliphatic heterocycles. The molecule has 0 saturated carbocycles. The summed E-state index contributed by atoms with van der Waals surface area (Å²) < 4.78 is 11.5. The monoisotopic (exact) mass is 621 g/mol. The lowest BCUT2D eigenvalue weighted by Crippen LogP contribution is -2.30. The number of benzene rings is 4. The van der Waals surface area contributed by atoms with Crippen molar-refractivity contribution in [3.05, 3.63) is 125 Å². The quantitative estimate of drug-likeness (QED) is 0.0994. The summed E-state index contributed by atoms with van der Waals surface area (Å²) in [5, 5.41) is 22.4. The lowest BCUT2D eigenvalue weighted by molar-refractivity contribution is -0.117. The Hall–Kier alpha value is -4.93. The van der Waals surface area contributed by atoms with E-state index in [1.807, 2.05) is 48.5 Å². The van der Waals surface area contributed by atoms with Gasteiger partial charge in [-0.3, -0.25) is 14.5 Å². The molecule has 4 aromatic carbocycles. The largest absolute Gasteiger partial charge is 0.503 e. The third-order valence-electron chi connectivity index (χ3n) is 7.26. The zero-order valence-electron chi connectivity index (χ0n) is 23.8. The average Bonchev–Trinajstić information content (AvgIpc) is 3.64. The maximum Gasteiger partial charge on any atom is 0.296 e. The van der Waals surface area contributed by atoms with Gasteiger partial charge in [0.15, 0.2) is 27.4 Å². The molecule has 8 nitrogen and oxygen atoms in total. The third-order valence-corrected chi connectivity index (χ3v) is 9.36. The Balaban J connectivity index is 1.34. The van der Waals surface area contributed by atoms with Crippen LogP contribution in [0.5, 0.6) is 11.5 Å². The summed E-state index contributed by atoms with van der Waals surface area (Å²) in [7, 11) is 3.03. The average molecular weight is 622 g/mol. The Morgan fingerprint density at radius 2 is 1.70 bits per heavy atom. The van der Waals surface area contributed by atoms with Gasteiger partial charge in [0.2, 0.25) is 5.13 Å². The van der Waals surface area contributed by atoms with Crippen LogP contribution in [0, 0.1) is 0 Å². The molecule has 1 amide bonds. The van der Waals surface area contributed by atoms with Crippen LogP contribution in [-0.2, 0) is 15.3 Å². The standard InChI is InChI=1S/C34H27N3O5S2/c1-41-27-18-16-23(19-28(27)42-2)30-29(26(38)17-15-21-9-4-3-5-10-21)31(39)32(40)37(30)33-35-36-34(44-33)43-20-24-13-8-12-22-11-6-7-14-25(22)24/h3-19,30,39H,20H2,1-2H3/b17-15+. The fraction of sp³-hybridized carbons (Fsp3) is 0.118. The zero-order valence-corrected chi connectivity index (χ0v) is 25.5. The number of aliphatic hydroxyl groups excluding tert-OH is 1. The minimum absolute atomic E-state index is 0.0606. The molecule has 1 aliphatic rings. The predicted molar refractivity (Wildman–Crippen MR) is 173 cm³/mol. The van der Waals surface area contributed by atoms with Crippen LogP contribution in [0.3, 0.4) is 0 Å². The Labute approximate surface area is 262 Å². The number of allylic oxidation sites excluding steroid dienone is 1. The van der Waals surface area contributed by atoms with Gasteiger partial charge in [-0.05, 0) is 45.7 Å². The number of amides is 1. The molecule has 2 heterocycles. The van der Waals surface area contributed by atoms with Gasteiger partial charge in [-0.15, -0.1) is 10.2 Å². The smallest absolute Gasteiger partial charge is 0.296 e. The van der Waals surface area contributed by atoms with Gasteiger partial charge >= 0.3 is 0 Å². The highest BCUT2D eigenvalue weighted by molar-refractivity contribution is 8.00. The number of anilines is 1. The number of aliphatic hydroxyl groups is 1. The number of ketones is 1. The van der Waals surface area contributed by atoms with E-state index in [0.717, 1.165) is 21.9 Å². The molecule has 1 atom stereocenters. The highest BCUT2D eigenvalue weighted by atomic mass is 32.2. The van der Waals surface area contributed by atoms with E-state index in [9.17, 15) is 14.7 Å². The maximum atomic E-state index is 13.6. The number of aromatic nitrogens is 2. The van der Waals surface area contributed by atoms with Crippen LogP contribution in [0.15, 0.2) is 113 Å². The molecule has 0 radical (unpaired) electrons. The van der Waals surface area contributed by atoms with Crippen molar-refractivity contribution in [2.45, 2.75) is 16.1 Å². The van der Waals surface area contributed by atoms with Gasteiger partial charge in [0.1, 0.15) is 0 Å². The molecule has 0 bridgehead atoms. The summed E-state index contributed by atoms with van der Waals surface area (Å²) in [6.07, 6.45) is 3.01. The van der Waals surface area contributed by atoms with E-state index in [4.69, 9.17) is 9.47 Å². The number of fused-ring (bicyclic) bond motifs is 1. The second kappa shape index (κ2) is 12.7. The summed E-state index contributed by atoms with van der Waals surface area (Å²) in [4.78, 5) is 28.5. The first kappa shape index (κ1) is 29.2. The Kier molecular flexibility index (Phi) is 8.44. The van der Waals surface area contributed by atoms with Gasteiger partial charge < -0.3 is 14.6 Å². The van der Waals surface area contributed by atoms with Crippen molar-refractivity contribution in [2.75, 3.05) is 19.1 Å². The van der Waals surface area contributed by atoms with Crippen molar-refractivity contribution in [3.63, 3.8) is 0 Å². The highest BCUT2D eigenvalue weighted by Gasteiger charge is 2.45. The summed E-state index contributed by atoms with van der Waals surface area (Å²) in [6.45, 7) is 0. The Morgan fingerprint density at radius 1 is 0.955 bits per heavy atom. The van der Waals surface area contributed by atoms with E-state index in [1.165, 1.54) is 48.3 Å². The maximum absolute atomic E-state index is 13.6. The van der Waals surface area contributed by atoms with Gasteiger partial charge in [-0.25, -0.2) is 0 Å². The molecule has 0 aliphatic carbocycles. The van der Waals surface area contributed by atoms with Crippen LogP contribution in [0.4, 0.5) is 5.13 Å². The van der Waals surface area contributed by atoms with Gasteiger partial charge in [0.05, 0.1) is 25.8 Å². The van der Waals surface area contributed by atoms with E-state index < -0.39 is 23.5 Å². The molecule has 220 valence electrons. The fourth-order valence-corrected chi connectivity index (χ4v) is 7.01. The molecule has 5 aromatic rings. The number of hydrogen-bond donors (Lipinski definition) is 1. The number of thioether (sulfide) groups is 1. The lowest BCUT2D eigenvalue weighted by Gasteiger charge is -2.24. The van der Waals surface area contributed by atoms with Gasteiger partial charge in [-0.2, -0.15) is 0 Å². The van der Waals surface area contributed by atoms with E-state index in [0.29, 0.717) is 27.2 Å². The SMILES string of the molecule is COc1ccc(C2C(C(=O)/C=C/c3ccccc3)=C(O)C(=O)N2c2nnc(SCc3cccc4ccccc34)s2)cc1OC. The van der Waals surface area contributed by atoms with Gasteiger partial charge in [0.25, 0.3) is 5.91 Å². The van der Waals surface area contributed by atoms with Crippen molar-refractivity contribution < 1.29 is 24.2 Å². The summed E-state index contributed by atoms with van der Waals surface area (Å²) in [6, 6.07) is 27.8. The molecule has 6 rings (SSSR count). The molecule has 1 N–H and O–H groups in total. The Bertz CT molecular complexity index is 1910. The minimum Gasteiger partial charge on any atom is -0.503 e. The predicted octanol–water partition coefficient (Wildman–Crippen LogP) is 7.18. The third kappa shape index (κ3) is 5.69. The lowest BCUT2D eigenvalue weighted by atomic mass is 9.95. The molecule has 0 saturated heterocycles. The molecular weight excluding hydrogens is 595 g/mol. The van der Waals surface area contributed by atoms with Crippen molar-refractivity contribution in [1.82, 2.24) is 10.2 Å². The first-order valence-electron chi connectivity index (χ1n) is 13.7. The fourth-order valence-electron chi connectivity index (χ4n) is 5.13. The second-order valence-corrected chi connectivity index (χ2v) is 12.0. The zero-order chi connectivity index (χ0) is 30.6. The first-order chi connectivity index (χ1) is 21.5. The van der Waals surface area contributed by atoms with Crippen molar-refractivity contribution in [1.29, 1.82) is 0 Å². The number of carbonyl (C=O) groups is 2. The van der Waals surface area contributed by atoms with Crippen LogP contribution >= 0.6 is 23.1 Å². The first-order valence-corrected chi connectivity index (χ1v) is 15.5. The number of methoxy groups -OCH3 is 2. The van der Waals surface area contributed by atoms with E-state index in [2.05, 4.69) is 34.5 Å². The number of hydrogen-bond acceptors (Lipinski definition) is 9. The molecule has 1 aromatic heterocycles. The summed E-state index contributed by atoms with van der Waals surface area (Å²) >= 11 is 2.73.